The monoisotopic (exact) mass is 324 g/mol. The van der Waals surface area contributed by atoms with Crippen LogP contribution in [0.5, 0.6) is 0 Å². The minimum Gasteiger partial charge on any atom is -0.481 e. The number of hydrogen-bond acceptors (Lipinski definition) is 2. The summed E-state index contributed by atoms with van der Waals surface area (Å²) in [5.74, 6) is -1.02. The van der Waals surface area contributed by atoms with Crippen LogP contribution in [0.4, 0.5) is 0 Å². The molecular formula is C21H24O3. The molecule has 0 saturated carbocycles. The first-order valence-electron chi connectivity index (χ1n) is 8.07. The van der Waals surface area contributed by atoms with Gasteiger partial charge in [-0.1, -0.05) is 54.6 Å². The normalized spacial score (nSPS) is 12.0. The summed E-state index contributed by atoms with van der Waals surface area (Å²) >= 11 is 0. The third-order valence-electron chi connectivity index (χ3n) is 4.57. The van der Waals surface area contributed by atoms with Crippen molar-refractivity contribution < 1.29 is 14.7 Å². The fourth-order valence-electron chi connectivity index (χ4n) is 2.58. The van der Waals surface area contributed by atoms with Crippen LogP contribution in [0.15, 0.2) is 54.6 Å². The van der Waals surface area contributed by atoms with Gasteiger partial charge in [0.15, 0.2) is 0 Å². The van der Waals surface area contributed by atoms with Gasteiger partial charge >= 0.3 is 5.97 Å². The molecule has 0 unspecified atom stereocenters. The number of carbonyl (C=O) groups is 2. The predicted octanol–water partition coefficient (Wildman–Crippen LogP) is 4.70. The first-order valence-corrected chi connectivity index (χ1v) is 8.07. The second-order valence-corrected chi connectivity index (χ2v) is 7.36. The lowest BCUT2D eigenvalue weighted by molar-refractivity contribution is -0.149. The van der Waals surface area contributed by atoms with Gasteiger partial charge in [0.1, 0.15) is 5.78 Å². The van der Waals surface area contributed by atoms with Crippen LogP contribution in [0.1, 0.15) is 39.7 Å². The molecule has 0 bridgehead atoms. The zero-order valence-electron chi connectivity index (χ0n) is 14.7. The van der Waals surface area contributed by atoms with E-state index in [1.807, 2.05) is 68.4 Å². The van der Waals surface area contributed by atoms with Crippen molar-refractivity contribution in [1.82, 2.24) is 0 Å². The number of Topliss-reactive ketones (excluding diaryl/α,β-unsaturated/α-hetero) is 1. The quantitative estimate of drug-likeness (QED) is 0.838. The lowest BCUT2D eigenvalue weighted by Gasteiger charge is -2.28. The van der Waals surface area contributed by atoms with Crippen molar-refractivity contribution in [3.05, 3.63) is 60.2 Å². The summed E-state index contributed by atoms with van der Waals surface area (Å²) < 4.78 is 0. The van der Waals surface area contributed by atoms with Crippen LogP contribution >= 0.6 is 0 Å². The van der Waals surface area contributed by atoms with Crippen molar-refractivity contribution in [2.75, 3.05) is 0 Å². The van der Waals surface area contributed by atoms with Gasteiger partial charge in [0, 0.05) is 11.8 Å². The standard InChI is InChI=1S/C21H24O3/c1-20(2,19(23)24)14-18(22)21(3,4)17-12-8-11-16(13-17)15-9-6-5-7-10-15/h5-13H,14H2,1-4H3,(H,23,24). The zero-order valence-corrected chi connectivity index (χ0v) is 14.7. The lowest BCUT2D eigenvalue weighted by atomic mass is 9.74. The summed E-state index contributed by atoms with van der Waals surface area (Å²) in [6.07, 6.45) is 0.00486. The molecule has 0 spiro atoms. The third kappa shape index (κ3) is 3.73. The summed E-state index contributed by atoms with van der Waals surface area (Å²) in [5, 5.41) is 9.27. The van der Waals surface area contributed by atoms with Crippen LogP contribution in [0.3, 0.4) is 0 Å². The van der Waals surface area contributed by atoms with Gasteiger partial charge in [0.25, 0.3) is 0 Å². The number of carbonyl (C=O) groups excluding carboxylic acids is 1. The molecule has 0 fully saturated rings. The molecule has 0 saturated heterocycles. The number of hydrogen-bond donors (Lipinski definition) is 1. The number of benzene rings is 2. The van der Waals surface area contributed by atoms with E-state index < -0.39 is 16.8 Å². The minimum atomic E-state index is -1.06. The van der Waals surface area contributed by atoms with Crippen molar-refractivity contribution in [2.24, 2.45) is 5.41 Å². The Kier molecular flexibility index (Phi) is 4.93. The molecule has 0 atom stereocenters. The Bertz CT molecular complexity index is 743. The fraction of sp³-hybridized carbons (Fsp3) is 0.333. The van der Waals surface area contributed by atoms with Gasteiger partial charge in [0.2, 0.25) is 0 Å². The smallest absolute Gasteiger partial charge is 0.309 e. The van der Waals surface area contributed by atoms with Gasteiger partial charge in [-0.2, -0.15) is 0 Å². The Labute approximate surface area is 143 Å². The second kappa shape index (κ2) is 6.60. The molecule has 2 aromatic carbocycles. The van der Waals surface area contributed by atoms with Crippen LogP contribution < -0.4 is 0 Å². The average Bonchev–Trinajstić information content (AvgIpc) is 2.55. The van der Waals surface area contributed by atoms with Crippen LogP contribution in [0.2, 0.25) is 0 Å². The van der Waals surface area contributed by atoms with Crippen molar-refractivity contribution in [3.63, 3.8) is 0 Å². The van der Waals surface area contributed by atoms with E-state index >= 15 is 0 Å². The number of aliphatic carboxylic acids is 1. The highest BCUT2D eigenvalue weighted by molar-refractivity contribution is 5.93. The van der Waals surface area contributed by atoms with Gasteiger partial charge in [-0.05, 0) is 44.4 Å². The summed E-state index contributed by atoms with van der Waals surface area (Å²) in [7, 11) is 0. The Balaban J connectivity index is 2.33. The van der Waals surface area contributed by atoms with Gasteiger partial charge in [0.05, 0.1) is 5.41 Å². The number of rotatable bonds is 6. The topological polar surface area (TPSA) is 54.4 Å². The summed E-state index contributed by atoms with van der Waals surface area (Å²) in [4.78, 5) is 24.1. The molecule has 2 rings (SSSR count). The first kappa shape index (κ1) is 17.9. The van der Waals surface area contributed by atoms with E-state index in [0.29, 0.717) is 0 Å². The van der Waals surface area contributed by atoms with Crippen LogP contribution in [-0.4, -0.2) is 16.9 Å². The van der Waals surface area contributed by atoms with E-state index in [-0.39, 0.29) is 12.2 Å². The van der Waals surface area contributed by atoms with E-state index in [1.54, 1.807) is 13.8 Å². The van der Waals surface area contributed by atoms with Gasteiger partial charge in [-0.3, -0.25) is 9.59 Å². The molecule has 2 aromatic rings. The van der Waals surface area contributed by atoms with Crippen molar-refractivity contribution >= 4 is 11.8 Å². The zero-order chi connectivity index (χ0) is 18.0. The summed E-state index contributed by atoms with van der Waals surface area (Å²) in [6, 6.07) is 17.9. The van der Waals surface area contributed by atoms with Crippen LogP contribution in [0.25, 0.3) is 11.1 Å². The molecular weight excluding hydrogens is 300 g/mol. The molecule has 0 aliphatic carbocycles. The summed E-state index contributed by atoms with van der Waals surface area (Å²) in [6.45, 7) is 6.89. The highest BCUT2D eigenvalue weighted by atomic mass is 16.4. The molecule has 0 aliphatic heterocycles. The Morgan fingerprint density at radius 2 is 1.46 bits per heavy atom. The van der Waals surface area contributed by atoms with Crippen LogP contribution in [-0.2, 0) is 15.0 Å². The number of ketones is 1. The maximum Gasteiger partial charge on any atom is 0.309 e. The van der Waals surface area contributed by atoms with E-state index in [2.05, 4.69) is 0 Å². The van der Waals surface area contributed by atoms with Gasteiger partial charge in [-0.15, -0.1) is 0 Å². The molecule has 0 radical (unpaired) electrons. The van der Waals surface area contributed by atoms with Crippen molar-refractivity contribution in [1.29, 1.82) is 0 Å². The summed E-state index contributed by atoms with van der Waals surface area (Å²) in [5.41, 5.74) is 1.23. The Hall–Kier alpha value is -2.42. The molecule has 126 valence electrons. The second-order valence-electron chi connectivity index (χ2n) is 7.36. The van der Waals surface area contributed by atoms with E-state index in [4.69, 9.17) is 0 Å². The molecule has 0 aromatic heterocycles. The molecule has 0 aliphatic rings. The molecule has 24 heavy (non-hydrogen) atoms. The lowest BCUT2D eigenvalue weighted by Crippen LogP contribution is -2.36. The molecule has 3 heteroatoms. The van der Waals surface area contributed by atoms with Gasteiger partial charge in [-0.25, -0.2) is 0 Å². The predicted molar refractivity (Wildman–Crippen MR) is 95.9 cm³/mol. The SMILES string of the molecule is CC(C)(CC(=O)C(C)(C)c1cccc(-c2ccccc2)c1)C(=O)O. The van der Waals surface area contributed by atoms with Crippen molar-refractivity contribution in [3.8, 4) is 11.1 Å². The van der Waals surface area contributed by atoms with E-state index in [0.717, 1.165) is 16.7 Å². The maximum absolute atomic E-state index is 12.8. The third-order valence-corrected chi connectivity index (χ3v) is 4.57. The first-order chi connectivity index (χ1) is 11.1. The number of carboxylic acid groups (broad SMARTS) is 1. The molecule has 3 nitrogen and oxygen atoms in total. The Morgan fingerprint density at radius 1 is 0.875 bits per heavy atom. The molecule has 0 heterocycles. The molecule has 0 amide bonds. The fourth-order valence-corrected chi connectivity index (χ4v) is 2.58. The van der Waals surface area contributed by atoms with Crippen molar-refractivity contribution in [2.45, 2.75) is 39.5 Å². The average molecular weight is 324 g/mol. The Morgan fingerprint density at radius 3 is 2.04 bits per heavy atom. The largest absolute Gasteiger partial charge is 0.481 e. The highest BCUT2D eigenvalue weighted by Gasteiger charge is 2.37. The highest BCUT2D eigenvalue weighted by Crippen LogP contribution is 2.33. The molecule has 1 N–H and O–H groups in total. The van der Waals surface area contributed by atoms with Crippen LogP contribution in [0, 0.1) is 5.41 Å². The number of carboxylic acids is 1. The maximum atomic E-state index is 12.8. The van der Waals surface area contributed by atoms with E-state index in [9.17, 15) is 14.7 Å². The minimum absolute atomic E-state index is 0.00486. The van der Waals surface area contributed by atoms with Gasteiger partial charge < -0.3 is 5.11 Å². The van der Waals surface area contributed by atoms with E-state index in [1.165, 1.54) is 0 Å².